The van der Waals surface area contributed by atoms with Crippen LogP contribution in [0.2, 0.25) is 0 Å². The van der Waals surface area contributed by atoms with Gasteiger partial charge in [0, 0.05) is 31.5 Å². The van der Waals surface area contributed by atoms with Gasteiger partial charge in [0.25, 0.3) is 5.56 Å². The second kappa shape index (κ2) is 7.07. The van der Waals surface area contributed by atoms with Crippen LogP contribution in [-0.2, 0) is 4.79 Å². The van der Waals surface area contributed by atoms with Crippen LogP contribution in [-0.4, -0.2) is 39.5 Å². The first-order valence-corrected chi connectivity index (χ1v) is 7.04. The lowest BCUT2D eigenvalue weighted by Crippen LogP contribution is -2.42. The van der Waals surface area contributed by atoms with Gasteiger partial charge in [0.05, 0.1) is 0 Å². The molecule has 20 heavy (non-hydrogen) atoms. The number of rotatable bonds is 6. The zero-order valence-corrected chi connectivity index (χ0v) is 12.9. The summed E-state index contributed by atoms with van der Waals surface area (Å²) in [5.41, 5.74) is -0.207. The van der Waals surface area contributed by atoms with Crippen LogP contribution < -0.4 is 10.9 Å². The maximum atomic E-state index is 12.2. The minimum atomic E-state index is -0.474. The summed E-state index contributed by atoms with van der Waals surface area (Å²) in [5.74, 6) is 0.186. The van der Waals surface area contributed by atoms with Gasteiger partial charge in [-0.1, -0.05) is 0 Å². The number of amides is 1. The molecule has 1 heterocycles. The van der Waals surface area contributed by atoms with Crippen LogP contribution in [0.15, 0.2) is 17.2 Å². The first-order valence-electron chi connectivity index (χ1n) is 7.04. The SMILES string of the molecule is CCN(CC)C(=O)C(C)Nc1nccn(C(C)C)c1=O. The molecular weight excluding hydrogens is 256 g/mol. The van der Waals surface area contributed by atoms with Gasteiger partial charge in [0.15, 0.2) is 5.82 Å². The molecule has 0 bridgehead atoms. The number of hydrogen-bond donors (Lipinski definition) is 1. The lowest BCUT2D eigenvalue weighted by Gasteiger charge is -2.23. The Kier molecular flexibility index (Phi) is 5.73. The second-order valence-corrected chi connectivity index (χ2v) is 4.96. The average molecular weight is 280 g/mol. The maximum Gasteiger partial charge on any atom is 0.293 e. The molecule has 0 aliphatic heterocycles. The van der Waals surface area contributed by atoms with E-state index in [1.165, 1.54) is 0 Å². The van der Waals surface area contributed by atoms with Crippen molar-refractivity contribution in [3.05, 3.63) is 22.7 Å². The molecule has 6 heteroatoms. The standard InChI is InChI=1S/C14H24N4O2/c1-6-17(7-2)13(19)11(5)16-12-14(20)18(10(3)4)9-8-15-12/h8-11H,6-7H2,1-5H3,(H,15,16). The molecule has 1 amide bonds. The quantitative estimate of drug-likeness (QED) is 0.857. The zero-order chi connectivity index (χ0) is 15.3. The van der Waals surface area contributed by atoms with E-state index in [4.69, 9.17) is 0 Å². The fourth-order valence-electron chi connectivity index (χ4n) is 2.01. The number of carbonyl (C=O) groups is 1. The van der Waals surface area contributed by atoms with E-state index in [2.05, 4.69) is 10.3 Å². The van der Waals surface area contributed by atoms with E-state index in [-0.39, 0.29) is 23.3 Å². The van der Waals surface area contributed by atoms with Crippen molar-refractivity contribution in [2.75, 3.05) is 18.4 Å². The van der Waals surface area contributed by atoms with Crippen LogP contribution in [0.5, 0.6) is 0 Å². The van der Waals surface area contributed by atoms with Gasteiger partial charge in [-0.2, -0.15) is 0 Å². The molecular formula is C14H24N4O2. The number of hydrogen-bond acceptors (Lipinski definition) is 4. The Morgan fingerprint density at radius 2 is 1.95 bits per heavy atom. The molecule has 1 atom stereocenters. The van der Waals surface area contributed by atoms with E-state index >= 15 is 0 Å². The molecule has 0 aliphatic rings. The Labute approximate surface area is 119 Å². The van der Waals surface area contributed by atoms with Gasteiger partial charge in [-0.3, -0.25) is 9.59 Å². The topological polar surface area (TPSA) is 67.2 Å². The lowest BCUT2D eigenvalue weighted by atomic mass is 10.2. The normalized spacial score (nSPS) is 12.3. The molecule has 1 unspecified atom stereocenters. The molecule has 6 nitrogen and oxygen atoms in total. The van der Waals surface area contributed by atoms with Crippen molar-refractivity contribution in [1.82, 2.24) is 14.5 Å². The van der Waals surface area contributed by atoms with Crippen molar-refractivity contribution in [2.45, 2.75) is 46.7 Å². The largest absolute Gasteiger partial charge is 0.354 e. The average Bonchev–Trinajstić information content (AvgIpc) is 2.41. The van der Waals surface area contributed by atoms with Crippen LogP contribution >= 0.6 is 0 Å². The Morgan fingerprint density at radius 3 is 2.45 bits per heavy atom. The van der Waals surface area contributed by atoms with Crippen molar-refractivity contribution in [1.29, 1.82) is 0 Å². The lowest BCUT2D eigenvalue weighted by molar-refractivity contribution is -0.131. The smallest absolute Gasteiger partial charge is 0.293 e. The van der Waals surface area contributed by atoms with Gasteiger partial charge in [-0.15, -0.1) is 0 Å². The van der Waals surface area contributed by atoms with E-state index in [1.807, 2.05) is 27.7 Å². The summed E-state index contributed by atoms with van der Waals surface area (Å²) in [7, 11) is 0. The van der Waals surface area contributed by atoms with Crippen molar-refractivity contribution in [3.63, 3.8) is 0 Å². The predicted octanol–water partition coefficient (Wildman–Crippen LogP) is 1.49. The molecule has 0 saturated carbocycles. The maximum absolute atomic E-state index is 12.2. The van der Waals surface area contributed by atoms with Crippen LogP contribution in [0.3, 0.4) is 0 Å². The van der Waals surface area contributed by atoms with Gasteiger partial charge in [0.2, 0.25) is 5.91 Å². The first-order chi connectivity index (χ1) is 9.42. The van der Waals surface area contributed by atoms with Crippen LogP contribution in [0, 0.1) is 0 Å². The summed E-state index contributed by atoms with van der Waals surface area (Å²) in [6.07, 6.45) is 3.22. The number of anilines is 1. The summed E-state index contributed by atoms with van der Waals surface area (Å²) < 4.78 is 1.59. The van der Waals surface area contributed by atoms with Crippen molar-refractivity contribution < 1.29 is 4.79 Å². The summed E-state index contributed by atoms with van der Waals surface area (Å²) in [5, 5.41) is 2.92. The molecule has 1 aromatic heterocycles. The summed E-state index contributed by atoms with van der Waals surface area (Å²) in [4.78, 5) is 30.1. The summed E-state index contributed by atoms with van der Waals surface area (Å²) in [6.45, 7) is 10.8. The molecule has 0 radical (unpaired) electrons. The molecule has 0 aromatic carbocycles. The van der Waals surface area contributed by atoms with E-state index in [9.17, 15) is 9.59 Å². The van der Waals surface area contributed by atoms with Crippen molar-refractivity contribution in [2.24, 2.45) is 0 Å². The molecule has 0 aliphatic carbocycles. The van der Waals surface area contributed by atoms with Crippen LogP contribution in [0.4, 0.5) is 5.82 Å². The number of likely N-dealkylation sites (N-methyl/N-ethyl adjacent to an activating group) is 1. The highest BCUT2D eigenvalue weighted by molar-refractivity contribution is 5.83. The van der Waals surface area contributed by atoms with Gasteiger partial charge in [0.1, 0.15) is 6.04 Å². The zero-order valence-electron chi connectivity index (χ0n) is 12.9. The summed E-state index contributed by atoms with van der Waals surface area (Å²) in [6, 6.07) is -0.419. The van der Waals surface area contributed by atoms with Crippen LogP contribution in [0.1, 0.15) is 40.7 Å². The van der Waals surface area contributed by atoms with Crippen LogP contribution in [0.25, 0.3) is 0 Å². The second-order valence-electron chi connectivity index (χ2n) is 4.96. The minimum absolute atomic E-state index is 0.0313. The predicted molar refractivity (Wildman–Crippen MR) is 79.9 cm³/mol. The molecule has 1 rings (SSSR count). The van der Waals surface area contributed by atoms with E-state index in [0.29, 0.717) is 13.1 Å². The Balaban J connectivity index is 2.91. The number of carbonyl (C=O) groups excluding carboxylic acids is 1. The third kappa shape index (κ3) is 3.59. The highest BCUT2D eigenvalue weighted by Crippen LogP contribution is 2.04. The van der Waals surface area contributed by atoms with Crippen molar-refractivity contribution in [3.8, 4) is 0 Å². The number of aromatic nitrogens is 2. The molecule has 0 saturated heterocycles. The highest BCUT2D eigenvalue weighted by atomic mass is 16.2. The Hall–Kier alpha value is -1.85. The van der Waals surface area contributed by atoms with Crippen molar-refractivity contribution >= 4 is 11.7 Å². The Bertz CT molecular complexity index is 506. The number of nitrogens with zero attached hydrogens (tertiary/aromatic N) is 3. The molecule has 1 aromatic rings. The first kappa shape index (κ1) is 16.2. The van der Waals surface area contributed by atoms with E-state index in [0.717, 1.165) is 0 Å². The van der Waals surface area contributed by atoms with Gasteiger partial charge in [-0.25, -0.2) is 4.98 Å². The highest BCUT2D eigenvalue weighted by Gasteiger charge is 2.19. The molecule has 112 valence electrons. The molecule has 1 N–H and O–H groups in total. The number of nitrogens with one attached hydrogen (secondary N) is 1. The van der Waals surface area contributed by atoms with E-state index in [1.54, 1.807) is 28.8 Å². The monoisotopic (exact) mass is 280 g/mol. The Morgan fingerprint density at radius 1 is 1.35 bits per heavy atom. The van der Waals surface area contributed by atoms with Gasteiger partial charge in [-0.05, 0) is 34.6 Å². The van der Waals surface area contributed by atoms with Gasteiger partial charge >= 0.3 is 0 Å². The van der Waals surface area contributed by atoms with Gasteiger partial charge < -0.3 is 14.8 Å². The fourth-order valence-corrected chi connectivity index (χ4v) is 2.01. The molecule has 0 fully saturated rings. The van der Waals surface area contributed by atoms with E-state index < -0.39 is 6.04 Å². The summed E-state index contributed by atoms with van der Waals surface area (Å²) >= 11 is 0. The fraction of sp³-hybridized carbons (Fsp3) is 0.643. The minimum Gasteiger partial charge on any atom is -0.354 e. The third-order valence-corrected chi connectivity index (χ3v) is 3.22. The molecule has 0 spiro atoms. The third-order valence-electron chi connectivity index (χ3n) is 3.22.